The van der Waals surface area contributed by atoms with Crippen LogP contribution in [0, 0.1) is 0 Å². The summed E-state index contributed by atoms with van der Waals surface area (Å²) in [5, 5.41) is 10.8. The lowest BCUT2D eigenvalue weighted by atomic mass is 10.7. The maximum absolute atomic E-state index is 8.04. The van der Waals surface area contributed by atoms with E-state index in [4.69, 9.17) is 21.5 Å². The van der Waals surface area contributed by atoms with E-state index in [0.29, 0.717) is 6.61 Å². The molecule has 52 valence electrons. The van der Waals surface area contributed by atoms with Crippen molar-refractivity contribution in [1.82, 2.24) is 0 Å². The smallest absolute Gasteiger partial charge is 0.222 e. The van der Waals surface area contributed by atoms with E-state index < -0.39 is 0 Å². The summed E-state index contributed by atoms with van der Waals surface area (Å²) in [6.07, 6.45) is 1.59. The van der Waals surface area contributed by atoms with Crippen LogP contribution in [0.1, 0.15) is 6.92 Å². The molecule has 0 spiro atoms. The van der Waals surface area contributed by atoms with Crippen LogP contribution in [-0.4, -0.2) is 17.7 Å². The van der Waals surface area contributed by atoms with Crippen molar-refractivity contribution in [1.29, 1.82) is 0 Å². The van der Waals surface area contributed by atoms with Crippen molar-refractivity contribution in [3.8, 4) is 0 Å². The molecule has 0 unspecified atom stereocenters. The Morgan fingerprint density at radius 3 is 3.00 bits per heavy atom. The maximum atomic E-state index is 8.04. The molecule has 0 amide bonds. The van der Waals surface area contributed by atoms with Crippen LogP contribution in [0.3, 0.4) is 0 Å². The fraction of sp³-hybridized carbons (Fsp3) is 0.400. The third-order valence-corrected chi connectivity index (χ3v) is 0.797. The molecule has 0 bridgehead atoms. The van der Waals surface area contributed by atoms with E-state index in [1.54, 1.807) is 13.0 Å². The first kappa shape index (κ1) is 8.30. The molecule has 0 aromatic carbocycles. The molecule has 0 heterocycles. The second-order valence-corrected chi connectivity index (χ2v) is 1.54. The molecule has 0 aromatic heterocycles. The van der Waals surface area contributed by atoms with Crippen molar-refractivity contribution in [2.45, 2.75) is 6.92 Å². The van der Waals surface area contributed by atoms with E-state index in [9.17, 15) is 0 Å². The molecule has 0 aliphatic carbocycles. The topological polar surface area (TPSA) is 41.8 Å². The quantitative estimate of drug-likeness (QED) is 0.280. The van der Waals surface area contributed by atoms with Gasteiger partial charge in [0, 0.05) is 12.5 Å². The molecule has 0 fully saturated rings. The second-order valence-electron chi connectivity index (χ2n) is 1.29. The van der Waals surface area contributed by atoms with E-state index in [1.807, 2.05) is 0 Å². The molecule has 3 nitrogen and oxygen atoms in total. The fourth-order valence-electron chi connectivity index (χ4n) is 0.234. The van der Waals surface area contributed by atoms with Gasteiger partial charge in [-0.15, -0.1) is 0 Å². The van der Waals surface area contributed by atoms with Gasteiger partial charge in [-0.2, -0.15) is 0 Å². The summed E-state index contributed by atoms with van der Waals surface area (Å²) >= 11 is 5.17. The zero-order valence-corrected chi connectivity index (χ0v) is 5.80. The minimum Gasteiger partial charge on any atom is -0.475 e. The molecule has 0 aliphatic heterocycles. The Labute approximate surface area is 58.6 Å². The third kappa shape index (κ3) is 5.17. The number of halogens is 1. The van der Waals surface area contributed by atoms with E-state index in [-0.39, 0.29) is 5.90 Å². The number of oxime groups is 1. The SMILES string of the molecule is CC(=NO)OCC=CCl. The minimum absolute atomic E-state index is 0.227. The number of hydrogen-bond donors (Lipinski definition) is 1. The average molecular weight is 150 g/mol. The van der Waals surface area contributed by atoms with Gasteiger partial charge >= 0.3 is 0 Å². The molecule has 0 radical (unpaired) electrons. The molecule has 9 heavy (non-hydrogen) atoms. The molecular formula is C5H8ClNO2. The van der Waals surface area contributed by atoms with Crippen LogP contribution in [0.25, 0.3) is 0 Å². The van der Waals surface area contributed by atoms with Crippen molar-refractivity contribution < 1.29 is 9.94 Å². The summed E-state index contributed by atoms with van der Waals surface area (Å²) < 4.78 is 4.76. The molecule has 0 atom stereocenters. The van der Waals surface area contributed by atoms with Crippen LogP contribution >= 0.6 is 11.6 Å². The Morgan fingerprint density at radius 2 is 2.56 bits per heavy atom. The summed E-state index contributed by atoms with van der Waals surface area (Å²) in [5.41, 5.74) is 1.34. The molecule has 0 rings (SSSR count). The molecule has 0 saturated carbocycles. The zero-order valence-electron chi connectivity index (χ0n) is 5.04. The summed E-state index contributed by atoms with van der Waals surface area (Å²) in [6, 6.07) is 0. The van der Waals surface area contributed by atoms with Crippen LogP contribution in [0.2, 0.25) is 0 Å². The summed E-state index contributed by atoms with van der Waals surface area (Å²) in [4.78, 5) is 0. The monoisotopic (exact) mass is 149 g/mol. The largest absolute Gasteiger partial charge is 0.475 e. The predicted molar refractivity (Wildman–Crippen MR) is 35.8 cm³/mol. The van der Waals surface area contributed by atoms with Crippen molar-refractivity contribution in [3.05, 3.63) is 11.6 Å². The predicted octanol–water partition coefficient (Wildman–Crippen LogP) is 1.56. The van der Waals surface area contributed by atoms with Gasteiger partial charge in [0.25, 0.3) is 0 Å². The number of ether oxygens (including phenoxy) is 1. The lowest BCUT2D eigenvalue weighted by Crippen LogP contribution is -1.98. The highest BCUT2D eigenvalue weighted by molar-refractivity contribution is 6.25. The van der Waals surface area contributed by atoms with E-state index in [1.165, 1.54) is 5.54 Å². The minimum atomic E-state index is 0.227. The zero-order chi connectivity index (χ0) is 7.11. The Hall–Kier alpha value is -0.700. The van der Waals surface area contributed by atoms with Crippen LogP contribution in [0.5, 0.6) is 0 Å². The summed E-state index contributed by atoms with van der Waals surface area (Å²) in [5.74, 6) is 0.227. The van der Waals surface area contributed by atoms with Gasteiger partial charge in [-0.3, -0.25) is 0 Å². The Balaban J connectivity index is 3.28. The van der Waals surface area contributed by atoms with E-state index in [2.05, 4.69) is 5.16 Å². The first-order valence-electron chi connectivity index (χ1n) is 2.38. The van der Waals surface area contributed by atoms with Gasteiger partial charge in [-0.1, -0.05) is 16.8 Å². The highest BCUT2D eigenvalue weighted by atomic mass is 35.5. The van der Waals surface area contributed by atoms with Crippen molar-refractivity contribution in [3.63, 3.8) is 0 Å². The van der Waals surface area contributed by atoms with Gasteiger partial charge in [0.15, 0.2) is 0 Å². The summed E-state index contributed by atoms with van der Waals surface area (Å²) in [6.45, 7) is 1.88. The number of hydrogen-bond acceptors (Lipinski definition) is 3. The molecular weight excluding hydrogens is 142 g/mol. The number of rotatable bonds is 2. The molecule has 0 aliphatic rings. The second kappa shape index (κ2) is 5.44. The van der Waals surface area contributed by atoms with Gasteiger partial charge in [0.05, 0.1) is 0 Å². The molecule has 4 heteroatoms. The lowest BCUT2D eigenvalue weighted by molar-refractivity contribution is 0.271. The van der Waals surface area contributed by atoms with Crippen molar-refractivity contribution in [2.75, 3.05) is 6.61 Å². The fourth-order valence-corrected chi connectivity index (χ4v) is 0.307. The molecule has 0 aromatic rings. The van der Waals surface area contributed by atoms with Crippen LogP contribution in [-0.2, 0) is 4.74 Å². The van der Waals surface area contributed by atoms with Crippen molar-refractivity contribution >= 4 is 17.5 Å². The standard InChI is InChI=1S/C5H8ClNO2/c1-5(7-8)9-4-2-3-6/h2-3,8H,4H2,1H3. The normalized spacial score (nSPS) is 12.4. The molecule has 1 N–H and O–H groups in total. The van der Waals surface area contributed by atoms with Crippen LogP contribution in [0.15, 0.2) is 16.8 Å². The maximum Gasteiger partial charge on any atom is 0.222 e. The van der Waals surface area contributed by atoms with Crippen molar-refractivity contribution in [2.24, 2.45) is 5.16 Å². The van der Waals surface area contributed by atoms with E-state index in [0.717, 1.165) is 0 Å². The Bertz CT molecular complexity index is 122. The highest BCUT2D eigenvalue weighted by Gasteiger charge is 1.85. The van der Waals surface area contributed by atoms with Gasteiger partial charge in [0.1, 0.15) is 6.61 Å². The summed E-state index contributed by atoms with van der Waals surface area (Å²) in [7, 11) is 0. The Kier molecular flexibility index (Phi) is 5.01. The van der Waals surface area contributed by atoms with Gasteiger partial charge in [-0.05, 0) is 6.08 Å². The first-order valence-corrected chi connectivity index (χ1v) is 2.81. The molecule has 0 saturated heterocycles. The lowest BCUT2D eigenvalue weighted by Gasteiger charge is -1.96. The Morgan fingerprint density at radius 1 is 1.89 bits per heavy atom. The number of nitrogens with zero attached hydrogens (tertiary/aromatic N) is 1. The van der Waals surface area contributed by atoms with Gasteiger partial charge in [0.2, 0.25) is 5.90 Å². The highest BCUT2D eigenvalue weighted by Crippen LogP contribution is 1.83. The van der Waals surface area contributed by atoms with Gasteiger partial charge < -0.3 is 9.94 Å². The third-order valence-electron chi connectivity index (χ3n) is 0.618. The van der Waals surface area contributed by atoms with Crippen LogP contribution in [0.4, 0.5) is 0 Å². The van der Waals surface area contributed by atoms with Crippen LogP contribution < -0.4 is 0 Å². The van der Waals surface area contributed by atoms with Gasteiger partial charge in [-0.25, -0.2) is 0 Å². The average Bonchev–Trinajstić information content (AvgIpc) is 1.89. The first-order chi connectivity index (χ1) is 4.31. The van der Waals surface area contributed by atoms with E-state index >= 15 is 0 Å².